The van der Waals surface area contributed by atoms with Crippen LogP contribution in [0.1, 0.15) is 5.56 Å². The molecule has 0 aliphatic rings. The molecule has 0 atom stereocenters. The number of H-pyrrole nitrogens is 1. The number of nitrogens with one attached hydrogen (secondary N) is 2. The molecule has 0 amide bonds. The largest absolute Gasteiger partial charge is 0.347 e. The summed E-state index contributed by atoms with van der Waals surface area (Å²) in [7, 11) is 0. The molecular formula is C45H32N6. The molecule has 51 heavy (non-hydrogen) atoms. The molecule has 0 unspecified atom stereocenters. The van der Waals surface area contributed by atoms with Crippen molar-refractivity contribution in [2.45, 2.75) is 0 Å². The molecule has 8 rings (SSSR count). The van der Waals surface area contributed by atoms with Gasteiger partial charge in [-0.2, -0.15) is 0 Å². The Kier molecular flexibility index (Phi) is 8.70. The average molecular weight is 657 g/mol. The van der Waals surface area contributed by atoms with Gasteiger partial charge in [0.2, 0.25) is 0 Å². The van der Waals surface area contributed by atoms with Crippen LogP contribution in [0.25, 0.3) is 67.3 Å². The maximum Gasteiger partial charge on any atom is 0.160 e. The molecule has 0 saturated heterocycles. The number of aromatic nitrogens is 4. The van der Waals surface area contributed by atoms with E-state index < -0.39 is 0 Å². The first-order valence-corrected chi connectivity index (χ1v) is 16.7. The molecule has 3 heterocycles. The Morgan fingerprint density at radius 3 is 1.73 bits per heavy atom. The summed E-state index contributed by atoms with van der Waals surface area (Å²) >= 11 is 0. The van der Waals surface area contributed by atoms with Crippen molar-refractivity contribution in [3.63, 3.8) is 0 Å². The number of nitrogens with zero attached hydrogens (tertiary/aromatic N) is 4. The second kappa shape index (κ2) is 14.2. The molecule has 0 aliphatic carbocycles. The molecule has 0 aliphatic heterocycles. The summed E-state index contributed by atoms with van der Waals surface area (Å²) in [6.45, 7) is 0. The molecule has 6 nitrogen and oxygen atoms in total. The summed E-state index contributed by atoms with van der Waals surface area (Å²) in [6.07, 6.45) is 5.46. The Morgan fingerprint density at radius 2 is 1.04 bits per heavy atom. The van der Waals surface area contributed by atoms with Gasteiger partial charge in [0.05, 0.1) is 11.4 Å². The van der Waals surface area contributed by atoms with E-state index in [9.17, 15) is 0 Å². The van der Waals surface area contributed by atoms with Crippen LogP contribution < -0.4 is 5.49 Å². The standard InChI is InChI=1S/C45H32N6/c46-44(51-43-16-4-5-26-48-43)34-23-19-31(20-24-34)36-11-6-12-37(27-36)38-13-7-14-39(28-38)42-29-41(49-45(50-42)35-9-2-1-3-10-35)33-21-17-32(18-22-33)40-15-8-25-47-30-40/h1-30H,(H2,46,48,51). The van der Waals surface area contributed by atoms with Gasteiger partial charge in [-0.15, -0.1) is 0 Å². The number of amidine groups is 1. The van der Waals surface area contributed by atoms with E-state index in [-0.39, 0.29) is 5.84 Å². The fourth-order valence-corrected chi connectivity index (χ4v) is 6.02. The molecule has 8 aromatic rings. The SMILES string of the molecule is N=C(N=c1cccc[nH]1)c1ccc(-c2cccc(-c3cccc(-c4cc(-c5ccc(-c6cccnc6)cc5)nc(-c5ccccc5)n4)c3)c2)cc1. The molecule has 0 radical (unpaired) electrons. The summed E-state index contributed by atoms with van der Waals surface area (Å²) in [4.78, 5) is 21.8. The van der Waals surface area contributed by atoms with Gasteiger partial charge in [0, 0.05) is 40.8 Å². The van der Waals surface area contributed by atoms with Gasteiger partial charge in [0.1, 0.15) is 5.49 Å². The molecular weight excluding hydrogens is 625 g/mol. The molecule has 242 valence electrons. The topological polar surface area (TPSA) is 90.7 Å². The van der Waals surface area contributed by atoms with Gasteiger partial charge < -0.3 is 4.98 Å². The summed E-state index contributed by atoms with van der Waals surface area (Å²) < 4.78 is 0. The second-order valence-corrected chi connectivity index (χ2v) is 12.1. The zero-order valence-electron chi connectivity index (χ0n) is 27.6. The van der Waals surface area contributed by atoms with E-state index in [1.807, 2.05) is 85.1 Å². The number of hydrogen-bond acceptors (Lipinski definition) is 4. The van der Waals surface area contributed by atoms with Crippen molar-refractivity contribution in [2.24, 2.45) is 4.99 Å². The van der Waals surface area contributed by atoms with E-state index in [2.05, 4.69) is 99.9 Å². The third kappa shape index (κ3) is 7.07. The third-order valence-electron chi connectivity index (χ3n) is 8.70. The monoisotopic (exact) mass is 656 g/mol. The number of hydrogen-bond donors (Lipinski definition) is 2. The molecule has 6 heteroatoms. The van der Waals surface area contributed by atoms with Gasteiger partial charge in [0.25, 0.3) is 0 Å². The Labute approximate surface area is 296 Å². The first kappa shape index (κ1) is 31.2. The first-order valence-electron chi connectivity index (χ1n) is 16.7. The van der Waals surface area contributed by atoms with Crippen molar-refractivity contribution in [1.29, 1.82) is 5.41 Å². The van der Waals surface area contributed by atoms with Crippen molar-refractivity contribution in [2.75, 3.05) is 0 Å². The minimum absolute atomic E-state index is 0.208. The first-order chi connectivity index (χ1) is 25.2. The van der Waals surface area contributed by atoms with E-state index in [1.54, 1.807) is 12.4 Å². The van der Waals surface area contributed by atoms with Gasteiger partial charge in [-0.1, -0.05) is 127 Å². The van der Waals surface area contributed by atoms with Crippen LogP contribution in [0.4, 0.5) is 0 Å². The highest BCUT2D eigenvalue weighted by molar-refractivity contribution is 5.97. The minimum Gasteiger partial charge on any atom is -0.347 e. The van der Waals surface area contributed by atoms with Gasteiger partial charge in [-0.3, -0.25) is 10.4 Å². The van der Waals surface area contributed by atoms with Crippen LogP contribution >= 0.6 is 0 Å². The number of pyridine rings is 2. The Balaban J connectivity index is 1.11. The lowest BCUT2D eigenvalue weighted by atomic mass is 9.96. The molecule has 3 aromatic heterocycles. The van der Waals surface area contributed by atoms with Crippen molar-refractivity contribution >= 4 is 5.84 Å². The predicted molar refractivity (Wildman–Crippen MR) is 206 cm³/mol. The van der Waals surface area contributed by atoms with E-state index in [0.29, 0.717) is 11.3 Å². The van der Waals surface area contributed by atoms with Crippen LogP contribution in [0.3, 0.4) is 0 Å². The lowest BCUT2D eigenvalue weighted by Gasteiger charge is -2.12. The fourth-order valence-electron chi connectivity index (χ4n) is 6.02. The Hall–Kier alpha value is -7.05. The van der Waals surface area contributed by atoms with E-state index in [1.165, 1.54) is 0 Å². The van der Waals surface area contributed by atoms with Crippen LogP contribution in [0.5, 0.6) is 0 Å². The quantitative estimate of drug-likeness (QED) is 0.132. The zero-order valence-corrected chi connectivity index (χ0v) is 27.6. The highest BCUT2D eigenvalue weighted by atomic mass is 14.9. The van der Waals surface area contributed by atoms with Gasteiger partial charge in [-0.05, 0) is 69.8 Å². The molecule has 0 saturated carbocycles. The summed E-state index contributed by atoms with van der Waals surface area (Å²) in [6, 6.07) is 55.3. The maximum atomic E-state index is 8.45. The number of rotatable bonds is 7. The average Bonchev–Trinajstić information content (AvgIpc) is 3.22. The van der Waals surface area contributed by atoms with Crippen LogP contribution in [-0.4, -0.2) is 25.8 Å². The van der Waals surface area contributed by atoms with E-state index in [0.717, 1.165) is 67.0 Å². The molecule has 2 N–H and O–H groups in total. The van der Waals surface area contributed by atoms with E-state index >= 15 is 0 Å². The highest BCUT2D eigenvalue weighted by Gasteiger charge is 2.12. The molecule has 5 aromatic carbocycles. The lowest BCUT2D eigenvalue weighted by molar-refractivity contribution is 1.15. The number of benzene rings is 5. The minimum atomic E-state index is 0.208. The van der Waals surface area contributed by atoms with Crippen LogP contribution in [0.15, 0.2) is 187 Å². The van der Waals surface area contributed by atoms with Crippen molar-refractivity contribution < 1.29 is 0 Å². The summed E-state index contributed by atoms with van der Waals surface area (Å²) in [5.74, 6) is 0.887. The second-order valence-electron chi connectivity index (χ2n) is 12.1. The summed E-state index contributed by atoms with van der Waals surface area (Å²) in [5, 5.41) is 8.45. The third-order valence-corrected chi connectivity index (χ3v) is 8.70. The van der Waals surface area contributed by atoms with E-state index in [4.69, 9.17) is 15.4 Å². The van der Waals surface area contributed by atoms with Crippen molar-refractivity contribution in [1.82, 2.24) is 19.9 Å². The fraction of sp³-hybridized carbons (Fsp3) is 0. The Morgan fingerprint density at radius 1 is 0.471 bits per heavy atom. The Bertz CT molecular complexity index is 2500. The van der Waals surface area contributed by atoms with Crippen LogP contribution in [-0.2, 0) is 0 Å². The van der Waals surface area contributed by atoms with Gasteiger partial charge >= 0.3 is 0 Å². The van der Waals surface area contributed by atoms with Crippen LogP contribution in [0, 0.1) is 5.41 Å². The molecule has 0 fully saturated rings. The zero-order chi connectivity index (χ0) is 34.4. The molecule has 0 spiro atoms. The van der Waals surface area contributed by atoms with Crippen molar-refractivity contribution in [3.8, 4) is 67.3 Å². The summed E-state index contributed by atoms with van der Waals surface area (Å²) in [5.41, 5.74) is 12.6. The number of aromatic amines is 1. The highest BCUT2D eigenvalue weighted by Crippen LogP contribution is 2.32. The van der Waals surface area contributed by atoms with Gasteiger partial charge in [0.15, 0.2) is 11.7 Å². The maximum absolute atomic E-state index is 8.45. The lowest BCUT2D eigenvalue weighted by Crippen LogP contribution is -2.09. The normalized spacial score (nSPS) is 11.3. The van der Waals surface area contributed by atoms with Crippen LogP contribution in [0.2, 0.25) is 0 Å². The van der Waals surface area contributed by atoms with Crippen molar-refractivity contribution in [3.05, 3.63) is 193 Å². The predicted octanol–water partition coefficient (Wildman–Crippen LogP) is 10.1. The van der Waals surface area contributed by atoms with Gasteiger partial charge in [-0.25, -0.2) is 15.0 Å². The molecule has 0 bridgehead atoms. The smallest absolute Gasteiger partial charge is 0.160 e.